The summed E-state index contributed by atoms with van der Waals surface area (Å²) in [4.78, 5) is 14.7. The van der Waals surface area contributed by atoms with Crippen molar-refractivity contribution in [3.63, 3.8) is 0 Å². The van der Waals surface area contributed by atoms with E-state index in [1.54, 1.807) is 0 Å². The molecule has 1 saturated heterocycles. The molecule has 1 heterocycles. The van der Waals surface area contributed by atoms with Gasteiger partial charge in [0.25, 0.3) is 0 Å². The quantitative estimate of drug-likeness (QED) is 0.778. The molecular weight excluding hydrogens is 268 g/mol. The Kier molecular flexibility index (Phi) is 5.63. The van der Waals surface area contributed by atoms with Gasteiger partial charge in [-0.3, -0.25) is 9.69 Å². The zero-order valence-electron chi connectivity index (χ0n) is 13.9. The van der Waals surface area contributed by atoms with Crippen LogP contribution >= 0.6 is 0 Å². The van der Waals surface area contributed by atoms with Crippen LogP contribution < -0.4 is 5.32 Å². The predicted molar refractivity (Wildman–Crippen MR) is 82.2 cm³/mol. The topological polar surface area (TPSA) is 50.8 Å². The summed E-state index contributed by atoms with van der Waals surface area (Å²) in [6.07, 6.45) is 4.72. The zero-order chi connectivity index (χ0) is 15.5. The number of nitrogens with one attached hydrogen (secondary N) is 1. The highest BCUT2D eigenvalue weighted by Gasteiger charge is 2.48. The van der Waals surface area contributed by atoms with Crippen LogP contribution in [0.15, 0.2) is 0 Å². The number of morpholine rings is 1. The number of carbonyl (C=O) groups is 1. The van der Waals surface area contributed by atoms with E-state index in [9.17, 15) is 4.79 Å². The lowest BCUT2D eigenvalue weighted by atomic mass is 9.84. The molecule has 1 aliphatic heterocycles. The Morgan fingerprint density at radius 3 is 2.62 bits per heavy atom. The number of hydrogen-bond donors (Lipinski definition) is 1. The maximum Gasteiger partial charge on any atom is 0.326 e. The SMILES string of the molecule is CNC1(C(=O)OC)CCCC1CCN1CC(C)OC(C)C1. The standard InChI is InChI=1S/C16H30N2O3/c1-12-10-18(11-13(2)21-12)9-7-14-6-5-8-16(14,17-3)15(19)20-4/h12-14,17H,5-11H2,1-4H3. The van der Waals surface area contributed by atoms with Crippen molar-refractivity contribution in [1.29, 1.82) is 0 Å². The second-order valence-electron chi connectivity index (χ2n) is 6.61. The van der Waals surface area contributed by atoms with Gasteiger partial charge in [0.05, 0.1) is 19.3 Å². The fraction of sp³-hybridized carbons (Fsp3) is 0.938. The van der Waals surface area contributed by atoms with E-state index >= 15 is 0 Å². The normalized spacial score (nSPS) is 37.6. The second-order valence-corrected chi connectivity index (χ2v) is 6.61. The van der Waals surface area contributed by atoms with Crippen LogP contribution in [0.25, 0.3) is 0 Å². The number of esters is 1. The number of carbonyl (C=O) groups excluding carboxylic acids is 1. The lowest BCUT2D eigenvalue weighted by Crippen LogP contribution is -2.54. The third-order valence-electron chi connectivity index (χ3n) is 5.11. The first kappa shape index (κ1) is 16.7. The summed E-state index contributed by atoms with van der Waals surface area (Å²) in [5, 5.41) is 3.27. The zero-order valence-corrected chi connectivity index (χ0v) is 13.9. The van der Waals surface area contributed by atoms with Crippen molar-refractivity contribution in [3.8, 4) is 0 Å². The van der Waals surface area contributed by atoms with E-state index < -0.39 is 5.54 Å². The molecule has 4 atom stereocenters. The van der Waals surface area contributed by atoms with E-state index in [-0.39, 0.29) is 5.97 Å². The van der Waals surface area contributed by atoms with Gasteiger partial charge in [-0.2, -0.15) is 0 Å². The minimum Gasteiger partial charge on any atom is -0.468 e. The van der Waals surface area contributed by atoms with Crippen LogP contribution in [0.2, 0.25) is 0 Å². The van der Waals surface area contributed by atoms with Crippen LogP contribution in [0.3, 0.4) is 0 Å². The van der Waals surface area contributed by atoms with Crippen molar-refractivity contribution in [2.75, 3.05) is 33.8 Å². The lowest BCUT2D eigenvalue weighted by molar-refractivity contribution is -0.150. The van der Waals surface area contributed by atoms with E-state index in [0.717, 1.165) is 45.3 Å². The highest BCUT2D eigenvalue weighted by Crippen LogP contribution is 2.38. The van der Waals surface area contributed by atoms with Gasteiger partial charge in [-0.1, -0.05) is 6.42 Å². The van der Waals surface area contributed by atoms with Crippen LogP contribution in [0.5, 0.6) is 0 Å². The number of likely N-dealkylation sites (N-methyl/N-ethyl adjacent to an activating group) is 1. The van der Waals surface area contributed by atoms with E-state index in [0.29, 0.717) is 18.1 Å². The molecule has 2 rings (SSSR count). The van der Waals surface area contributed by atoms with Crippen molar-refractivity contribution in [1.82, 2.24) is 10.2 Å². The number of ether oxygens (including phenoxy) is 2. The molecule has 1 aliphatic carbocycles. The smallest absolute Gasteiger partial charge is 0.326 e. The Labute approximate surface area is 128 Å². The summed E-state index contributed by atoms with van der Waals surface area (Å²) in [6.45, 7) is 7.27. The molecule has 0 aromatic rings. The summed E-state index contributed by atoms with van der Waals surface area (Å²) in [7, 11) is 3.37. The third-order valence-corrected chi connectivity index (χ3v) is 5.11. The van der Waals surface area contributed by atoms with E-state index in [4.69, 9.17) is 9.47 Å². The average Bonchev–Trinajstić information content (AvgIpc) is 2.87. The van der Waals surface area contributed by atoms with Crippen LogP contribution in [-0.2, 0) is 14.3 Å². The molecule has 1 N–H and O–H groups in total. The summed E-state index contributed by atoms with van der Waals surface area (Å²) >= 11 is 0. The Morgan fingerprint density at radius 1 is 1.38 bits per heavy atom. The predicted octanol–water partition coefficient (Wildman–Crippen LogP) is 1.42. The maximum absolute atomic E-state index is 12.2. The fourth-order valence-corrected chi connectivity index (χ4v) is 4.16. The first-order valence-corrected chi connectivity index (χ1v) is 8.17. The second kappa shape index (κ2) is 7.07. The largest absolute Gasteiger partial charge is 0.468 e. The minimum absolute atomic E-state index is 0.101. The molecule has 2 aliphatic rings. The lowest BCUT2D eigenvalue weighted by Gasteiger charge is -2.37. The molecule has 21 heavy (non-hydrogen) atoms. The highest BCUT2D eigenvalue weighted by atomic mass is 16.5. The first-order valence-electron chi connectivity index (χ1n) is 8.17. The molecule has 0 aromatic carbocycles. The van der Waals surface area contributed by atoms with Crippen LogP contribution in [-0.4, -0.2) is 62.4 Å². The molecule has 1 saturated carbocycles. The summed E-state index contributed by atoms with van der Waals surface area (Å²) in [5.41, 5.74) is -0.474. The number of methoxy groups -OCH3 is 1. The third kappa shape index (κ3) is 3.58. The van der Waals surface area contributed by atoms with Crippen molar-refractivity contribution < 1.29 is 14.3 Å². The van der Waals surface area contributed by atoms with E-state index in [2.05, 4.69) is 24.1 Å². The summed E-state index contributed by atoms with van der Waals surface area (Å²) in [6, 6.07) is 0. The molecule has 0 radical (unpaired) electrons. The molecule has 122 valence electrons. The summed E-state index contributed by atoms with van der Waals surface area (Å²) < 4.78 is 10.8. The van der Waals surface area contributed by atoms with Gasteiger partial charge in [0.1, 0.15) is 5.54 Å². The Balaban J connectivity index is 1.93. The molecule has 2 fully saturated rings. The van der Waals surface area contributed by atoms with Gasteiger partial charge in [0, 0.05) is 13.1 Å². The van der Waals surface area contributed by atoms with Crippen LogP contribution in [0, 0.1) is 5.92 Å². The van der Waals surface area contributed by atoms with Crippen molar-refractivity contribution >= 4 is 5.97 Å². The van der Waals surface area contributed by atoms with Crippen LogP contribution in [0.4, 0.5) is 0 Å². The molecule has 5 heteroatoms. The molecular formula is C16H30N2O3. The van der Waals surface area contributed by atoms with Gasteiger partial charge < -0.3 is 14.8 Å². The highest BCUT2D eigenvalue weighted by molar-refractivity contribution is 5.81. The van der Waals surface area contributed by atoms with Gasteiger partial charge in [-0.05, 0) is 52.6 Å². The van der Waals surface area contributed by atoms with E-state index in [1.165, 1.54) is 7.11 Å². The number of hydrogen-bond acceptors (Lipinski definition) is 5. The Bertz CT molecular complexity index is 353. The van der Waals surface area contributed by atoms with Crippen molar-refractivity contribution in [2.24, 2.45) is 5.92 Å². The van der Waals surface area contributed by atoms with Crippen LogP contribution in [0.1, 0.15) is 39.5 Å². The number of nitrogens with zero attached hydrogens (tertiary/aromatic N) is 1. The minimum atomic E-state index is -0.474. The molecule has 0 spiro atoms. The average molecular weight is 298 g/mol. The summed E-state index contributed by atoms with van der Waals surface area (Å²) in [5.74, 6) is 0.264. The van der Waals surface area contributed by atoms with Crippen molar-refractivity contribution in [3.05, 3.63) is 0 Å². The maximum atomic E-state index is 12.2. The fourth-order valence-electron chi connectivity index (χ4n) is 4.16. The first-order chi connectivity index (χ1) is 10.0. The van der Waals surface area contributed by atoms with Gasteiger partial charge >= 0.3 is 5.97 Å². The molecule has 4 unspecified atom stereocenters. The van der Waals surface area contributed by atoms with Gasteiger partial charge in [-0.15, -0.1) is 0 Å². The molecule has 0 amide bonds. The van der Waals surface area contributed by atoms with Gasteiger partial charge in [0.2, 0.25) is 0 Å². The van der Waals surface area contributed by atoms with Crippen molar-refractivity contribution in [2.45, 2.75) is 57.3 Å². The molecule has 0 bridgehead atoms. The van der Waals surface area contributed by atoms with Gasteiger partial charge in [0.15, 0.2) is 0 Å². The van der Waals surface area contributed by atoms with Gasteiger partial charge in [-0.25, -0.2) is 0 Å². The number of rotatable bonds is 5. The Morgan fingerprint density at radius 2 is 2.05 bits per heavy atom. The monoisotopic (exact) mass is 298 g/mol. The van der Waals surface area contributed by atoms with E-state index in [1.807, 2.05) is 7.05 Å². The molecule has 0 aromatic heterocycles. The Hall–Kier alpha value is -0.650. The molecule has 5 nitrogen and oxygen atoms in total.